The van der Waals surface area contributed by atoms with Gasteiger partial charge < -0.3 is 4.52 Å². The molecule has 0 aliphatic rings. The molecule has 0 aliphatic heterocycles. The van der Waals surface area contributed by atoms with Crippen LogP contribution in [0.4, 0.5) is 0 Å². The molecule has 3 heteroatoms. The van der Waals surface area contributed by atoms with Gasteiger partial charge in [0.2, 0.25) is 0 Å². The summed E-state index contributed by atoms with van der Waals surface area (Å²) in [5.41, 5.74) is 0. The zero-order chi connectivity index (χ0) is 14.5. The van der Waals surface area contributed by atoms with Crippen molar-refractivity contribution in [3.05, 3.63) is 0 Å². The minimum Gasteiger partial charge on any atom is -0.330 e. The molecular formula is C16H35O2P. The van der Waals surface area contributed by atoms with E-state index >= 15 is 0 Å². The topological polar surface area (TPSA) is 26.3 Å². The summed E-state index contributed by atoms with van der Waals surface area (Å²) < 4.78 is 17.7. The van der Waals surface area contributed by atoms with Gasteiger partial charge in [-0.05, 0) is 24.7 Å². The van der Waals surface area contributed by atoms with Crippen molar-refractivity contribution in [3.8, 4) is 0 Å². The molecule has 0 rings (SSSR count). The highest BCUT2D eigenvalue weighted by molar-refractivity contribution is 7.39. The molecule has 0 bridgehead atoms. The summed E-state index contributed by atoms with van der Waals surface area (Å²) in [6.45, 7) is 9.54. The molecule has 116 valence electrons. The Bertz CT molecular complexity index is 219. The lowest BCUT2D eigenvalue weighted by atomic mass is 10.0. The summed E-state index contributed by atoms with van der Waals surface area (Å²) >= 11 is 0. The van der Waals surface area contributed by atoms with E-state index in [4.69, 9.17) is 4.52 Å². The van der Waals surface area contributed by atoms with E-state index in [0.717, 1.165) is 19.0 Å². The Hall–Kier alpha value is 0.190. The Labute approximate surface area is 121 Å². The predicted molar refractivity (Wildman–Crippen MR) is 86.4 cm³/mol. The maximum atomic E-state index is 12.0. The molecule has 3 unspecified atom stereocenters. The zero-order valence-corrected chi connectivity index (χ0v) is 14.5. The monoisotopic (exact) mass is 290 g/mol. The third-order valence-corrected chi connectivity index (χ3v) is 5.42. The van der Waals surface area contributed by atoms with Crippen LogP contribution >= 0.6 is 8.03 Å². The molecule has 0 saturated carbocycles. The highest BCUT2D eigenvalue weighted by atomic mass is 31.1. The first kappa shape index (κ1) is 19.2. The number of hydrogen-bond donors (Lipinski definition) is 0. The second kappa shape index (κ2) is 13.2. The van der Waals surface area contributed by atoms with Crippen molar-refractivity contribution in [1.29, 1.82) is 0 Å². The molecule has 0 aliphatic carbocycles. The molecule has 2 nitrogen and oxygen atoms in total. The van der Waals surface area contributed by atoms with E-state index in [2.05, 4.69) is 27.7 Å². The molecule has 0 radical (unpaired) electrons. The highest BCUT2D eigenvalue weighted by Crippen LogP contribution is 2.31. The van der Waals surface area contributed by atoms with Gasteiger partial charge >= 0.3 is 0 Å². The molecule has 0 aromatic carbocycles. The van der Waals surface area contributed by atoms with Crippen molar-refractivity contribution in [1.82, 2.24) is 0 Å². The van der Waals surface area contributed by atoms with Crippen molar-refractivity contribution in [2.24, 2.45) is 11.8 Å². The van der Waals surface area contributed by atoms with E-state index in [1.54, 1.807) is 0 Å². The van der Waals surface area contributed by atoms with Gasteiger partial charge in [-0.1, -0.05) is 66.2 Å². The van der Waals surface area contributed by atoms with Crippen molar-refractivity contribution in [3.63, 3.8) is 0 Å². The van der Waals surface area contributed by atoms with Crippen LogP contribution in [0.25, 0.3) is 0 Å². The lowest BCUT2D eigenvalue weighted by molar-refractivity contribution is 0.241. The van der Waals surface area contributed by atoms with Gasteiger partial charge in [-0.15, -0.1) is 0 Å². The van der Waals surface area contributed by atoms with Gasteiger partial charge in [0.1, 0.15) is 0 Å². The van der Waals surface area contributed by atoms with Crippen molar-refractivity contribution in [2.75, 3.05) is 12.8 Å². The van der Waals surface area contributed by atoms with Crippen molar-refractivity contribution < 1.29 is 9.09 Å². The molecule has 0 fully saturated rings. The second-order valence-electron chi connectivity index (χ2n) is 5.72. The zero-order valence-electron chi connectivity index (χ0n) is 13.5. The minimum absolute atomic E-state index is 0.599. The number of unbranched alkanes of at least 4 members (excludes halogenated alkanes) is 2. The van der Waals surface area contributed by atoms with E-state index in [9.17, 15) is 4.57 Å². The third-order valence-electron chi connectivity index (χ3n) is 4.02. The summed E-state index contributed by atoms with van der Waals surface area (Å²) in [5.74, 6) is 1.20. The van der Waals surface area contributed by atoms with Crippen LogP contribution in [0.3, 0.4) is 0 Å². The van der Waals surface area contributed by atoms with Crippen LogP contribution in [0.2, 0.25) is 0 Å². The number of rotatable bonds is 13. The Morgan fingerprint density at radius 1 is 0.895 bits per heavy atom. The van der Waals surface area contributed by atoms with E-state index in [1.807, 2.05) is 0 Å². The first-order valence-corrected chi connectivity index (χ1v) is 9.85. The van der Waals surface area contributed by atoms with Crippen LogP contribution in [-0.2, 0) is 9.09 Å². The van der Waals surface area contributed by atoms with Crippen LogP contribution in [0, 0.1) is 11.8 Å². The fourth-order valence-corrected chi connectivity index (χ4v) is 3.85. The Balaban J connectivity index is 3.87. The Morgan fingerprint density at radius 3 is 1.89 bits per heavy atom. The van der Waals surface area contributed by atoms with Crippen LogP contribution in [-0.4, -0.2) is 12.8 Å². The lowest BCUT2D eigenvalue weighted by Gasteiger charge is -2.17. The average Bonchev–Trinajstić information content (AvgIpc) is 2.43. The van der Waals surface area contributed by atoms with Gasteiger partial charge in [0.15, 0.2) is 8.03 Å². The van der Waals surface area contributed by atoms with E-state index in [0.29, 0.717) is 18.4 Å². The third kappa shape index (κ3) is 10.6. The summed E-state index contributed by atoms with van der Waals surface area (Å²) in [5, 5.41) is 0. The standard InChI is InChI=1S/C16H35O2P/c1-5-9-11-15(7-3)13-18-19(17)14-16(8-4)12-10-6-2/h15-16,19H,5-14H2,1-4H3. The molecule has 19 heavy (non-hydrogen) atoms. The first-order valence-electron chi connectivity index (χ1n) is 8.33. The minimum atomic E-state index is -1.81. The molecule has 0 N–H and O–H groups in total. The SMILES string of the molecule is CCCCC(CC)CO[PH](=O)CC(CC)CCCC. The maximum absolute atomic E-state index is 12.0. The van der Waals surface area contributed by atoms with Crippen LogP contribution in [0.5, 0.6) is 0 Å². The van der Waals surface area contributed by atoms with E-state index in [1.165, 1.54) is 38.5 Å². The van der Waals surface area contributed by atoms with Crippen LogP contribution in [0.1, 0.15) is 79.1 Å². The van der Waals surface area contributed by atoms with Crippen molar-refractivity contribution in [2.45, 2.75) is 79.1 Å². The van der Waals surface area contributed by atoms with Gasteiger partial charge in [0.05, 0.1) is 6.61 Å². The largest absolute Gasteiger partial charge is 0.330 e. The normalized spacial score (nSPS) is 16.2. The van der Waals surface area contributed by atoms with E-state index < -0.39 is 8.03 Å². The van der Waals surface area contributed by atoms with Gasteiger partial charge in [-0.2, -0.15) is 0 Å². The lowest BCUT2D eigenvalue weighted by Crippen LogP contribution is -2.08. The van der Waals surface area contributed by atoms with Gasteiger partial charge in [-0.25, -0.2) is 0 Å². The molecule has 0 heterocycles. The highest BCUT2D eigenvalue weighted by Gasteiger charge is 2.13. The molecule has 0 aromatic rings. The van der Waals surface area contributed by atoms with Crippen LogP contribution < -0.4 is 0 Å². The maximum Gasteiger partial charge on any atom is 0.191 e. The molecule has 0 spiro atoms. The summed E-state index contributed by atoms with van der Waals surface area (Å²) in [7, 11) is -1.81. The molecule has 0 amide bonds. The molecule has 0 aromatic heterocycles. The van der Waals surface area contributed by atoms with Gasteiger partial charge in [0.25, 0.3) is 0 Å². The quantitative estimate of drug-likeness (QED) is 0.394. The van der Waals surface area contributed by atoms with E-state index in [-0.39, 0.29) is 0 Å². The fraction of sp³-hybridized carbons (Fsp3) is 1.00. The Kier molecular flexibility index (Phi) is 13.3. The molecule has 0 saturated heterocycles. The van der Waals surface area contributed by atoms with Gasteiger partial charge in [-0.3, -0.25) is 4.57 Å². The molecular weight excluding hydrogens is 255 g/mol. The smallest absolute Gasteiger partial charge is 0.191 e. The first-order chi connectivity index (χ1) is 9.17. The van der Waals surface area contributed by atoms with Gasteiger partial charge in [0, 0.05) is 6.16 Å². The summed E-state index contributed by atoms with van der Waals surface area (Å²) in [4.78, 5) is 0. The molecule has 3 atom stereocenters. The summed E-state index contributed by atoms with van der Waals surface area (Å²) in [6.07, 6.45) is 10.5. The predicted octanol–water partition coefficient (Wildman–Crippen LogP) is 5.91. The average molecular weight is 290 g/mol. The van der Waals surface area contributed by atoms with Crippen LogP contribution in [0.15, 0.2) is 0 Å². The van der Waals surface area contributed by atoms with Crippen molar-refractivity contribution >= 4 is 8.03 Å². The Morgan fingerprint density at radius 2 is 1.42 bits per heavy atom. The summed E-state index contributed by atoms with van der Waals surface area (Å²) in [6, 6.07) is 0. The fourth-order valence-electron chi connectivity index (χ4n) is 2.35. The second-order valence-corrected chi connectivity index (χ2v) is 7.16. The number of hydrogen-bond acceptors (Lipinski definition) is 2.